The summed E-state index contributed by atoms with van der Waals surface area (Å²) in [5.41, 5.74) is -1.32. The molecule has 0 aliphatic carbocycles. The molecule has 0 spiro atoms. The van der Waals surface area contributed by atoms with Crippen LogP contribution in [0.4, 0.5) is 0 Å². The van der Waals surface area contributed by atoms with Gasteiger partial charge in [0.25, 0.3) is 0 Å². The van der Waals surface area contributed by atoms with Gasteiger partial charge in [0.05, 0.1) is 5.54 Å². The summed E-state index contributed by atoms with van der Waals surface area (Å²) in [6.07, 6.45) is 1.54. The molecule has 0 bridgehead atoms. The zero-order valence-corrected chi connectivity index (χ0v) is 13.1. The first-order chi connectivity index (χ1) is 7.94. The second-order valence-electron chi connectivity index (χ2n) is 7.58. The van der Waals surface area contributed by atoms with Crippen LogP contribution < -0.4 is 5.06 Å². The Morgan fingerprint density at radius 1 is 1.11 bits per heavy atom. The first-order valence-corrected chi connectivity index (χ1v) is 7.07. The molecule has 1 fully saturated rings. The van der Waals surface area contributed by atoms with E-state index in [0.717, 1.165) is 12.8 Å². The second-order valence-corrected chi connectivity index (χ2v) is 7.58. The van der Waals surface area contributed by atoms with Gasteiger partial charge in [-0.1, -0.05) is 13.8 Å². The highest BCUT2D eigenvalue weighted by atomic mass is 16.6. The predicted molar refractivity (Wildman–Crippen MR) is 74.8 cm³/mol. The number of hydroxylamine groups is 5. The summed E-state index contributed by atoms with van der Waals surface area (Å²) in [5, 5.41) is 26.2. The third-order valence-electron chi connectivity index (χ3n) is 4.88. The molecule has 1 rings (SSSR count). The Labute approximate surface area is 112 Å². The van der Waals surface area contributed by atoms with Gasteiger partial charge in [-0.3, -0.25) is 0 Å². The predicted octanol–water partition coefficient (Wildman–Crippen LogP) is 1.83. The van der Waals surface area contributed by atoms with Crippen LogP contribution in [-0.2, 0) is 0 Å². The van der Waals surface area contributed by atoms with Crippen molar-refractivity contribution < 1.29 is 9.71 Å². The summed E-state index contributed by atoms with van der Waals surface area (Å²) in [6.45, 7) is 14.7. The van der Waals surface area contributed by atoms with Gasteiger partial charge in [-0.25, -0.2) is 0 Å². The van der Waals surface area contributed by atoms with Gasteiger partial charge in [0, 0.05) is 12.8 Å². The lowest BCUT2D eigenvalue weighted by Gasteiger charge is -2.66. The van der Waals surface area contributed by atoms with Gasteiger partial charge in [-0.05, 0) is 34.6 Å². The van der Waals surface area contributed by atoms with Crippen molar-refractivity contribution in [2.45, 2.75) is 77.9 Å². The molecule has 0 aromatic carbocycles. The smallest absolute Gasteiger partial charge is 0.147 e. The fraction of sp³-hybridized carbons (Fsp3) is 1.00. The summed E-state index contributed by atoms with van der Waals surface area (Å²) < 4.78 is -0.257. The van der Waals surface area contributed by atoms with Crippen molar-refractivity contribution >= 4 is 0 Å². The number of hydrogen-bond acceptors (Lipinski definition) is 2. The average molecular weight is 258 g/mol. The molecule has 1 saturated heterocycles. The number of piperazine rings is 1. The summed E-state index contributed by atoms with van der Waals surface area (Å²) in [4.78, 5) is 0. The Morgan fingerprint density at radius 2 is 1.56 bits per heavy atom. The molecular weight excluding hydrogens is 228 g/mol. The lowest BCUT2D eigenvalue weighted by atomic mass is 9.81. The minimum atomic E-state index is -0.515. The maximum Gasteiger partial charge on any atom is 0.147 e. The van der Waals surface area contributed by atoms with Crippen LogP contribution in [0.25, 0.3) is 0 Å². The number of nitrogens with one attached hydrogen (secondary N) is 1. The van der Waals surface area contributed by atoms with Crippen molar-refractivity contribution in [1.29, 1.82) is 0 Å². The molecule has 4 nitrogen and oxygen atoms in total. The molecule has 2 atom stereocenters. The van der Waals surface area contributed by atoms with Crippen LogP contribution in [0.5, 0.6) is 0 Å². The van der Waals surface area contributed by atoms with Crippen LogP contribution in [0.1, 0.15) is 61.3 Å². The van der Waals surface area contributed by atoms with E-state index in [-0.39, 0.29) is 15.2 Å². The zero-order chi connectivity index (χ0) is 14.4. The van der Waals surface area contributed by atoms with Crippen LogP contribution in [-0.4, -0.2) is 34.4 Å². The van der Waals surface area contributed by atoms with Gasteiger partial charge in [-0.2, -0.15) is 0 Å². The molecule has 4 heteroatoms. The van der Waals surface area contributed by atoms with Gasteiger partial charge in [0.1, 0.15) is 24.2 Å². The highest BCUT2D eigenvalue weighted by Crippen LogP contribution is 2.33. The SMILES string of the molecule is CCC1(CC)C[N+]([O-])(C(C)(C)C)CC(C)(C)[NH+]1[O-]. The van der Waals surface area contributed by atoms with Gasteiger partial charge < -0.3 is 20.1 Å². The lowest BCUT2D eigenvalue weighted by molar-refractivity contribution is -1.07. The Balaban J connectivity index is 3.25. The third kappa shape index (κ3) is 2.31. The van der Waals surface area contributed by atoms with E-state index in [2.05, 4.69) is 0 Å². The Kier molecular flexibility index (Phi) is 3.92. The maximum absolute atomic E-state index is 13.2. The van der Waals surface area contributed by atoms with Crippen LogP contribution in [0.15, 0.2) is 0 Å². The topological polar surface area (TPSA) is 50.6 Å². The lowest BCUT2D eigenvalue weighted by Crippen LogP contribution is -3.26. The standard InChI is InChI=1S/C14H30N2O2/c1-8-14(9-2)11-16(18,12(3,4)5)10-13(6,7)15(14)17/h15H,8-11H2,1-7H3. The molecule has 2 unspecified atom stereocenters. The van der Waals surface area contributed by atoms with E-state index in [1.54, 1.807) is 0 Å². The summed E-state index contributed by atoms with van der Waals surface area (Å²) in [6, 6.07) is 0. The van der Waals surface area contributed by atoms with Gasteiger partial charge >= 0.3 is 0 Å². The first kappa shape index (κ1) is 15.9. The normalized spacial score (nSPS) is 35.5. The molecule has 1 aliphatic heterocycles. The number of rotatable bonds is 2. The molecule has 0 aromatic rings. The van der Waals surface area contributed by atoms with Crippen molar-refractivity contribution in [3.05, 3.63) is 10.4 Å². The van der Waals surface area contributed by atoms with E-state index >= 15 is 0 Å². The molecule has 1 aliphatic rings. The molecule has 108 valence electrons. The van der Waals surface area contributed by atoms with Crippen molar-refractivity contribution in [3.8, 4) is 0 Å². The average Bonchev–Trinajstić information content (AvgIpc) is 2.21. The molecule has 0 aromatic heterocycles. The van der Waals surface area contributed by atoms with Gasteiger partial charge in [-0.15, -0.1) is 0 Å². The molecule has 0 radical (unpaired) electrons. The first-order valence-electron chi connectivity index (χ1n) is 7.07. The van der Waals surface area contributed by atoms with Crippen LogP contribution >= 0.6 is 0 Å². The summed E-state index contributed by atoms with van der Waals surface area (Å²) >= 11 is 0. The van der Waals surface area contributed by atoms with E-state index < -0.39 is 11.1 Å². The summed E-state index contributed by atoms with van der Waals surface area (Å²) in [5.74, 6) is 0. The number of hydrogen-bond donors (Lipinski definition) is 1. The minimum Gasteiger partial charge on any atom is -0.633 e. The van der Waals surface area contributed by atoms with Crippen LogP contribution in [0.3, 0.4) is 0 Å². The van der Waals surface area contributed by atoms with Gasteiger partial charge in [0.15, 0.2) is 0 Å². The van der Waals surface area contributed by atoms with Crippen LogP contribution in [0.2, 0.25) is 0 Å². The molecule has 1 heterocycles. The maximum atomic E-state index is 13.2. The van der Waals surface area contributed by atoms with E-state index in [0.29, 0.717) is 13.1 Å². The van der Waals surface area contributed by atoms with Crippen molar-refractivity contribution in [1.82, 2.24) is 0 Å². The van der Waals surface area contributed by atoms with Crippen molar-refractivity contribution in [3.63, 3.8) is 0 Å². The van der Waals surface area contributed by atoms with Crippen molar-refractivity contribution in [2.75, 3.05) is 13.1 Å². The molecule has 0 saturated carbocycles. The number of nitrogens with zero attached hydrogens (tertiary/aromatic N) is 1. The van der Waals surface area contributed by atoms with Crippen molar-refractivity contribution in [2.24, 2.45) is 0 Å². The monoisotopic (exact) mass is 258 g/mol. The molecule has 1 N–H and O–H groups in total. The minimum absolute atomic E-state index is 0.257. The molecular formula is C14H30N2O2. The molecule has 18 heavy (non-hydrogen) atoms. The van der Waals surface area contributed by atoms with E-state index in [1.165, 1.54) is 0 Å². The van der Waals surface area contributed by atoms with Crippen LogP contribution in [0, 0.1) is 10.4 Å². The van der Waals surface area contributed by atoms with E-state index in [9.17, 15) is 10.4 Å². The fourth-order valence-corrected chi connectivity index (χ4v) is 3.31. The van der Waals surface area contributed by atoms with Gasteiger partial charge in [0.2, 0.25) is 0 Å². The highest BCUT2D eigenvalue weighted by Gasteiger charge is 2.56. The summed E-state index contributed by atoms with van der Waals surface area (Å²) in [7, 11) is 0. The second kappa shape index (κ2) is 4.44. The third-order valence-corrected chi connectivity index (χ3v) is 4.88. The van der Waals surface area contributed by atoms with E-state index in [4.69, 9.17) is 0 Å². The number of quaternary nitrogens is 2. The van der Waals surface area contributed by atoms with E-state index in [1.807, 2.05) is 48.5 Å². The Hall–Kier alpha value is -0.160. The molecule has 0 amide bonds. The fourth-order valence-electron chi connectivity index (χ4n) is 3.31. The quantitative estimate of drug-likeness (QED) is 0.607. The highest BCUT2D eigenvalue weighted by molar-refractivity contribution is 4.88. The Bertz CT molecular complexity index is 305. The largest absolute Gasteiger partial charge is 0.633 e. The Morgan fingerprint density at radius 3 is 1.89 bits per heavy atom. The zero-order valence-electron chi connectivity index (χ0n) is 13.1.